The number of rotatable bonds is 2. The largest absolute Gasteiger partial charge is 2.00 e. The summed E-state index contributed by atoms with van der Waals surface area (Å²) >= 11 is -2.24. The molecule has 2 aromatic rings. The van der Waals surface area contributed by atoms with Crippen molar-refractivity contribution in [2.45, 2.75) is 10.5 Å². The van der Waals surface area contributed by atoms with Crippen LogP contribution in [-0.2, 0) is 26.2 Å². The predicted octanol–water partition coefficient (Wildman–Crippen LogP) is 5.20. The summed E-state index contributed by atoms with van der Waals surface area (Å²) in [5, 5.41) is 2.56. The van der Waals surface area contributed by atoms with E-state index in [-0.39, 0.29) is 26.2 Å². The molecule has 1 heterocycles. The first-order valence-electron chi connectivity index (χ1n) is 10.3. The van der Waals surface area contributed by atoms with E-state index in [1.165, 1.54) is 10.5 Å². The van der Waals surface area contributed by atoms with Gasteiger partial charge in [-0.3, -0.25) is 0 Å². The van der Waals surface area contributed by atoms with Gasteiger partial charge in [0.1, 0.15) is 0 Å². The molecule has 150 valence electrons. The monoisotopic (exact) mass is 530 g/mol. The molecule has 30 heavy (non-hydrogen) atoms. The molecule has 0 nitrogen and oxygen atoms in total. The summed E-state index contributed by atoms with van der Waals surface area (Å²) in [6.07, 6.45) is 20.0. The van der Waals surface area contributed by atoms with Crippen LogP contribution in [0.15, 0.2) is 60.7 Å². The van der Waals surface area contributed by atoms with Crippen molar-refractivity contribution < 1.29 is 26.2 Å². The molecule has 2 saturated carbocycles. The molecule has 0 aromatic heterocycles. The molecule has 0 amide bonds. The molecule has 2 aromatic carbocycles. The number of benzene rings is 2. The van der Waals surface area contributed by atoms with Crippen molar-refractivity contribution >= 4 is 22.1 Å². The molecule has 1 aliphatic heterocycles. The molecule has 1 saturated heterocycles. The minimum atomic E-state index is -2.24. The Morgan fingerprint density at radius 1 is 0.500 bits per heavy atom. The Labute approximate surface area is 208 Å². The second-order valence-electron chi connectivity index (χ2n) is 7.67. The molecule has 0 unspecified atom stereocenters. The van der Waals surface area contributed by atoms with E-state index in [1.54, 1.807) is 8.79 Å². The fraction of sp³-hybridized carbons (Fsp3) is 0.143. The molecule has 2 heteroatoms. The van der Waals surface area contributed by atoms with Crippen molar-refractivity contribution in [2.24, 2.45) is 11.8 Å². The average molecular weight is 530 g/mol. The molecular formula is C28H30GeZr. The van der Waals surface area contributed by atoms with Gasteiger partial charge in [-0.05, 0) is 64.2 Å². The third kappa shape index (κ3) is 7.48. The Morgan fingerprint density at radius 3 is 1.03 bits per heavy atom. The van der Waals surface area contributed by atoms with Gasteiger partial charge in [0.05, 0.1) is 0 Å². The van der Waals surface area contributed by atoms with Crippen LogP contribution in [0.4, 0.5) is 0 Å². The summed E-state index contributed by atoms with van der Waals surface area (Å²) < 4.78 is 3.18. The number of hydrogen-bond acceptors (Lipinski definition) is 0. The van der Waals surface area contributed by atoms with E-state index in [1.807, 2.05) is 64.2 Å². The van der Waals surface area contributed by atoms with E-state index in [4.69, 9.17) is 0 Å². The summed E-state index contributed by atoms with van der Waals surface area (Å²) in [6, 6.07) is 22.3. The van der Waals surface area contributed by atoms with Gasteiger partial charge in [0.15, 0.2) is 0 Å². The molecule has 3 fully saturated rings. The quantitative estimate of drug-likeness (QED) is 0.370. The molecule has 3 aliphatic rings. The maximum Gasteiger partial charge on any atom is 2.00 e. The normalized spacial score (nSPS) is 24.1. The van der Waals surface area contributed by atoms with Gasteiger partial charge in [0.2, 0.25) is 0 Å². The standard InChI is InChI=1S/C18H20Ge.2C5H5.Zr/c1-15-13-19(14-16(15)2,17-9-5-3-6-10-17)18-11-7-4-8-12-18;2*1-2-4-5-3-1;/h3-12,15-16H,1-2,13-14H2;2*1-5H;/q-2;;;+2/t15-,16-;;;/m0.../s1. The van der Waals surface area contributed by atoms with Crippen molar-refractivity contribution in [2.75, 3.05) is 0 Å². The molecule has 5 rings (SSSR count). The van der Waals surface area contributed by atoms with Crippen LogP contribution in [0, 0.1) is 89.9 Å². The Bertz CT molecular complexity index is 600. The minimum Gasteiger partial charge on any atom is -0.0312 e. The van der Waals surface area contributed by atoms with E-state index in [0.717, 1.165) is 0 Å². The van der Waals surface area contributed by atoms with Gasteiger partial charge in [-0.25, -0.2) is 0 Å². The van der Waals surface area contributed by atoms with Crippen LogP contribution in [0.25, 0.3) is 0 Å². The van der Waals surface area contributed by atoms with Crippen LogP contribution >= 0.6 is 0 Å². The second-order valence-corrected chi connectivity index (χ2v) is 16.3. The van der Waals surface area contributed by atoms with E-state index < -0.39 is 13.3 Å². The predicted molar refractivity (Wildman–Crippen MR) is 128 cm³/mol. The number of hydrogen-bond donors (Lipinski definition) is 0. The second kappa shape index (κ2) is 14.1. The van der Waals surface area contributed by atoms with Gasteiger partial charge in [0, 0.05) is 0 Å². The molecule has 10 radical (unpaired) electrons. The Hall–Kier alpha value is -0.134. The van der Waals surface area contributed by atoms with E-state index >= 15 is 0 Å². The van der Waals surface area contributed by atoms with Gasteiger partial charge < -0.3 is 0 Å². The van der Waals surface area contributed by atoms with Crippen molar-refractivity contribution in [3.8, 4) is 0 Å². The molecule has 2 aliphatic carbocycles. The maximum absolute atomic E-state index is 4.35. The van der Waals surface area contributed by atoms with Crippen LogP contribution in [0.1, 0.15) is 0 Å². The van der Waals surface area contributed by atoms with Gasteiger partial charge in [0.25, 0.3) is 0 Å². The van der Waals surface area contributed by atoms with Crippen molar-refractivity contribution in [1.82, 2.24) is 0 Å². The molecular weight excluding hydrogens is 500 g/mol. The van der Waals surface area contributed by atoms with E-state index in [9.17, 15) is 0 Å². The fourth-order valence-electron chi connectivity index (χ4n) is 4.11. The average Bonchev–Trinajstić information content (AvgIpc) is 3.56. The fourth-order valence-corrected chi connectivity index (χ4v) is 15.8. The van der Waals surface area contributed by atoms with Crippen molar-refractivity contribution in [3.05, 3.63) is 139 Å². The maximum atomic E-state index is 4.35. The van der Waals surface area contributed by atoms with Crippen molar-refractivity contribution in [3.63, 3.8) is 0 Å². The zero-order chi connectivity index (χ0) is 20.4. The van der Waals surface area contributed by atoms with E-state index in [2.05, 4.69) is 74.5 Å². The first-order chi connectivity index (χ1) is 14.2. The summed E-state index contributed by atoms with van der Waals surface area (Å²) in [5.74, 6) is 1.03. The first kappa shape index (κ1) is 26.1. The zero-order valence-electron chi connectivity index (χ0n) is 17.5. The third-order valence-corrected chi connectivity index (χ3v) is 16.8. The van der Waals surface area contributed by atoms with Crippen LogP contribution in [0.3, 0.4) is 0 Å². The van der Waals surface area contributed by atoms with Crippen LogP contribution < -0.4 is 8.79 Å². The van der Waals surface area contributed by atoms with Gasteiger partial charge >= 0.3 is 145 Å². The minimum absolute atomic E-state index is 0. The smallest absolute Gasteiger partial charge is 0.0312 e. The Morgan fingerprint density at radius 2 is 0.767 bits per heavy atom. The molecule has 0 spiro atoms. The summed E-state index contributed by atoms with van der Waals surface area (Å²) in [7, 11) is 0. The first-order valence-corrected chi connectivity index (χ1v) is 15.4. The van der Waals surface area contributed by atoms with Gasteiger partial charge in [-0.15, -0.1) is 0 Å². The summed E-state index contributed by atoms with van der Waals surface area (Å²) in [5.41, 5.74) is 0. The molecule has 0 N–H and O–H groups in total. The molecule has 0 bridgehead atoms. The van der Waals surface area contributed by atoms with Gasteiger partial charge in [-0.2, -0.15) is 0 Å². The Kier molecular flexibility index (Phi) is 12.3. The summed E-state index contributed by atoms with van der Waals surface area (Å²) in [4.78, 5) is 0. The van der Waals surface area contributed by atoms with Gasteiger partial charge in [-0.1, -0.05) is 0 Å². The molecule has 2 atom stereocenters. The van der Waals surface area contributed by atoms with Crippen LogP contribution in [0.2, 0.25) is 10.5 Å². The van der Waals surface area contributed by atoms with Crippen LogP contribution in [-0.4, -0.2) is 13.3 Å². The SMILES string of the molecule is [CH2-][C@H]1[CH2][Ge]([c]2ccccc2)([c]2ccccc2)[CH2][C@@H]1[CH2-].[CH]1[CH][CH][CH][CH]1.[CH]1[CH][CH][CH][CH]1.[Zr+2]. The Balaban J connectivity index is 0.000000239. The third-order valence-electron chi connectivity index (χ3n) is 5.65. The van der Waals surface area contributed by atoms with E-state index in [0.29, 0.717) is 11.8 Å². The van der Waals surface area contributed by atoms with Crippen LogP contribution in [0.5, 0.6) is 0 Å². The topological polar surface area (TPSA) is 0 Å². The zero-order valence-corrected chi connectivity index (χ0v) is 22.1. The van der Waals surface area contributed by atoms with Crippen molar-refractivity contribution in [1.29, 1.82) is 0 Å². The summed E-state index contributed by atoms with van der Waals surface area (Å²) in [6.45, 7) is 8.70.